The van der Waals surface area contributed by atoms with E-state index in [0.717, 1.165) is 12.1 Å². The fourth-order valence-electron chi connectivity index (χ4n) is 2.76. The highest BCUT2D eigenvalue weighted by Crippen LogP contribution is 2.25. The predicted octanol–water partition coefficient (Wildman–Crippen LogP) is 2.20. The zero-order chi connectivity index (χ0) is 24.1. The molecule has 0 bridgehead atoms. The lowest BCUT2D eigenvalue weighted by atomic mass is 10.1. The van der Waals surface area contributed by atoms with E-state index < -0.39 is 44.3 Å². The summed E-state index contributed by atoms with van der Waals surface area (Å²) in [6.45, 7) is 0.449. The summed E-state index contributed by atoms with van der Waals surface area (Å²) in [5, 5.41) is 24.8. The molecule has 13 heteroatoms. The lowest BCUT2D eigenvalue weighted by molar-refractivity contribution is -0.394. The molecule has 0 fully saturated rings. The second kappa shape index (κ2) is 9.65. The van der Waals surface area contributed by atoms with E-state index in [4.69, 9.17) is 13.9 Å². The topological polar surface area (TPSA) is 181 Å². The van der Waals surface area contributed by atoms with E-state index in [2.05, 4.69) is 5.32 Å². The van der Waals surface area contributed by atoms with Crippen molar-refractivity contribution in [1.29, 1.82) is 0 Å². The van der Waals surface area contributed by atoms with Gasteiger partial charge in [0.25, 0.3) is 17.3 Å². The average Bonchev–Trinajstić information content (AvgIpc) is 2.78. The van der Waals surface area contributed by atoms with Crippen LogP contribution in [0, 0.1) is 20.2 Å². The lowest BCUT2D eigenvalue weighted by Crippen LogP contribution is -2.30. The molecule has 0 spiro atoms. The first-order valence-corrected chi connectivity index (χ1v) is 9.20. The summed E-state index contributed by atoms with van der Waals surface area (Å²) in [4.78, 5) is 56.9. The van der Waals surface area contributed by atoms with Gasteiger partial charge in [0, 0.05) is 37.2 Å². The molecule has 0 unspecified atom stereocenters. The third kappa shape index (κ3) is 5.34. The molecule has 13 nitrogen and oxygen atoms in total. The first kappa shape index (κ1) is 23.0. The minimum Gasteiger partial charge on any atom is -0.423 e. The summed E-state index contributed by atoms with van der Waals surface area (Å²) < 4.78 is 15.1. The van der Waals surface area contributed by atoms with Crippen LogP contribution in [0.3, 0.4) is 0 Å². The second-order valence-electron chi connectivity index (χ2n) is 6.54. The average molecular weight is 457 g/mol. The van der Waals surface area contributed by atoms with Crippen LogP contribution in [0.25, 0.3) is 11.0 Å². The van der Waals surface area contributed by atoms with E-state index in [1.807, 2.05) is 0 Å². The minimum absolute atomic E-state index is 0.00349. The van der Waals surface area contributed by atoms with Crippen LogP contribution in [0.4, 0.5) is 11.4 Å². The fourth-order valence-corrected chi connectivity index (χ4v) is 2.76. The molecule has 0 atom stereocenters. The molecule has 0 aliphatic carbocycles. The molecule has 1 aromatic heterocycles. The van der Waals surface area contributed by atoms with Crippen molar-refractivity contribution in [2.45, 2.75) is 0 Å². The summed E-state index contributed by atoms with van der Waals surface area (Å²) in [7, 11) is 1.46. The van der Waals surface area contributed by atoms with E-state index in [-0.39, 0.29) is 30.0 Å². The highest BCUT2D eigenvalue weighted by atomic mass is 16.6. The van der Waals surface area contributed by atoms with Crippen LogP contribution in [0.5, 0.6) is 5.75 Å². The van der Waals surface area contributed by atoms with Crippen LogP contribution in [0.1, 0.15) is 20.7 Å². The third-order valence-electron chi connectivity index (χ3n) is 4.31. The Balaban J connectivity index is 1.87. The van der Waals surface area contributed by atoms with Crippen molar-refractivity contribution < 1.29 is 33.3 Å². The van der Waals surface area contributed by atoms with Gasteiger partial charge in [0.15, 0.2) is 0 Å². The number of nitro benzene ring substituents is 2. The number of hydrogen-bond donors (Lipinski definition) is 1. The number of nitrogens with zero attached hydrogens (tertiary/aromatic N) is 2. The number of non-ortho nitro benzene ring substituents is 2. The smallest absolute Gasteiger partial charge is 0.349 e. The van der Waals surface area contributed by atoms with Crippen LogP contribution in [-0.2, 0) is 4.74 Å². The number of carbonyl (C=O) groups excluding carboxylic acids is 2. The molecule has 1 amide bonds. The summed E-state index contributed by atoms with van der Waals surface area (Å²) in [6, 6.07) is 7.65. The number of carbonyl (C=O) groups is 2. The van der Waals surface area contributed by atoms with Gasteiger partial charge in [-0.2, -0.15) is 0 Å². The predicted molar refractivity (Wildman–Crippen MR) is 111 cm³/mol. The van der Waals surface area contributed by atoms with Gasteiger partial charge in [-0.05, 0) is 18.2 Å². The minimum atomic E-state index is -1.10. The molecule has 2 aromatic carbocycles. The number of rotatable bonds is 8. The molecule has 1 heterocycles. The number of esters is 1. The van der Waals surface area contributed by atoms with Gasteiger partial charge in [-0.1, -0.05) is 0 Å². The Kier molecular flexibility index (Phi) is 6.74. The van der Waals surface area contributed by atoms with Gasteiger partial charge in [-0.25, -0.2) is 9.59 Å². The Labute approximate surface area is 183 Å². The molecule has 0 saturated heterocycles. The van der Waals surface area contributed by atoms with Gasteiger partial charge in [-0.15, -0.1) is 0 Å². The van der Waals surface area contributed by atoms with E-state index in [1.54, 1.807) is 0 Å². The van der Waals surface area contributed by atoms with E-state index in [1.165, 1.54) is 31.4 Å². The number of benzene rings is 2. The van der Waals surface area contributed by atoms with Gasteiger partial charge in [-0.3, -0.25) is 25.0 Å². The molecule has 1 N–H and O–H groups in total. The zero-order valence-corrected chi connectivity index (χ0v) is 16.9. The highest BCUT2D eigenvalue weighted by molar-refractivity contribution is 5.97. The first-order valence-electron chi connectivity index (χ1n) is 9.20. The van der Waals surface area contributed by atoms with Gasteiger partial charge < -0.3 is 19.2 Å². The van der Waals surface area contributed by atoms with Crippen molar-refractivity contribution in [1.82, 2.24) is 5.32 Å². The first-order chi connectivity index (χ1) is 15.7. The molecule has 0 saturated carbocycles. The number of hydrogen-bond acceptors (Lipinski definition) is 10. The molecule has 3 aromatic rings. The Hall–Kier alpha value is -4.65. The normalized spacial score (nSPS) is 10.6. The zero-order valence-electron chi connectivity index (χ0n) is 16.9. The summed E-state index contributed by atoms with van der Waals surface area (Å²) >= 11 is 0. The van der Waals surface area contributed by atoms with Crippen LogP contribution in [0.2, 0.25) is 0 Å². The molecular formula is C20H15N3O10. The number of fused-ring (bicyclic) bond motifs is 1. The molecular weight excluding hydrogens is 442 g/mol. The van der Waals surface area contributed by atoms with Gasteiger partial charge in [0.05, 0.1) is 28.1 Å². The monoisotopic (exact) mass is 457 g/mol. The summed E-state index contributed by atoms with van der Waals surface area (Å²) in [5.74, 6) is -1.84. The van der Waals surface area contributed by atoms with Crippen LogP contribution in [-0.4, -0.2) is 42.0 Å². The number of nitrogens with one attached hydrogen (secondary N) is 1. The van der Waals surface area contributed by atoms with Crippen LogP contribution in [0.15, 0.2) is 51.7 Å². The highest BCUT2D eigenvalue weighted by Gasteiger charge is 2.21. The van der Waals surface area contributed by atoms with Crippen LogP contribution < -0.4 is 15.7 Å². The maximum Gasteiger partial charge on any atom is 0.349 e. The van der Waals surface area contributed by atoms with Crippen molar-refractivity contribution in [2.75, 3.05) is 20.3 Å². The maximum absolute atomic E-state index is 12.4. The van der Waals surface area contributed by atoms with E-state index in [9.17, 15) is 34.6 Å². The maximum atomic E-state index is 12.4. The number of ether oxygens (including phenoxy) is 2. The fraction of sp³-hybridized carbons (Fsp3) is 0.150. The van der Waals surface area contributed by atoms with Crippen LogP contribution >= 0.6 is 0 Å². The molecule has 0 aliphatic rings. The molecule has 3 rings (SSSR count). The lowest BCUT2D eigenvalue weighted by Gasteiger charge is -2.07. The second-order valence-corrected chi connectivity index (χ2v) is 6.54. The van der Waals surface area contributed by atoms with Gasteiger partial charge in [0.2, 0.25) is 0 Å². The number of methoxy groups -OCH3 is 1. The van der Waals surface area contributed by atoms with E-state index >= 15 is 0 Å². The Morgan fingerprint density at radius 3 is 2.30 bits per heavy atom. The quantitative estimate of drug-likeness (QED) is 0.131. The summed E-state index contributed by atoms with van der Waals surface area (Å²) in [5.41, 5.74) is -2.87. The summed E-state index contributed by atoms with van der Waals surface area (Å²) in [6.07, 6.45) is 0. The SMILES string of the molecule is COCCNC(=O)c1cc2ccc(OC(=O)c3cc([N+](=O)[O-])cc([N+](=O)[O-])c3)cc2oc1=O. The molecule has 170 valence electrons. The number of nitro groups is 2. The van der Waals surface area contributed by atoms with Crippen molar-refractivity contribution in [2.24, 2.45) is 0 Å². The van der Waals surface area contributed by atoms with Gasteiger partial charge in [0.1, 0.15) is 16.9 Å². The van der Waals surface area contributed by atoms with Crippen molar-refractivity contribution in [3.63, 3.8) is 0 Å². The molecule has 0 radical (unpaired) electrons. The Bertz CT molecular complexity index is 1300. The molecule has 0 aliphatic heterocycles. The number of amides is 1. The third-order valence-corrected chi connectivity index (χ3v) is 4.31. The molecule has 33 heavy (non-hydrogen) atoms. The standard InChI is InChI=1S/C20H15N3O10/c1-31-5-4-21-18(24)16-8-11-2-3-15(10-17(11)33-20(16)26)32-19(25)12-6-13(22(27)28)9-14(7-12)23(29)30/h2-3,6-10H,4-5H2,1H3,(H,21,24). The van der Waals surface area contributed by atoms with Crippen molar-refractivity contribution >= 4 is 34.2 Å². The Morgan fingerprint density at radius 1 is 1.03 bits per heavy atom. The van der Waals surface area contributed by atoms with Gasteiger partial charge >= 0.3 is 11.6 Å². The van der Waals surface area contributed by atoms with Crippen molar-refractivity contribution in [3.8, 4) is 5.75 Å². The largest absolute Gasteiger partial charge is 0.423 e. The van der Waals surface area contributed by atoms with Crippen molar-refractivity contribution in [3.05, 3.63) is 84.2 Å². The van der Waals surface area contributed by atoms with E-state index in [0.29, 0.717) is 11.5 Å². The Morgan fingerprint density at radius 2 is 1.70 bits per heavy atom.